The van der Waals surface area contributed by atoms with E-state index < -0.39 is 11.7 Å². The van der Waals surface area contributed by atoms with E-state index in [-0.39, 0.29) is 25.4 Å². The molecule has 0 fully saturated rings. The van der Waals surface area contributed by atoms with E-state index in [1.807, 2.05) is 6.92 Å². The standard InChI is InChI=1S/C12H11BrF3NOS/c1-7-6-9(19-10(7)13)11(18)17-4-2-8(3-5-17)12(14,15)16/h2,6H,3-5H2,1H3. The summed E-state index contributed by atoms with van der Waals surface area (Å²) in [6.07, 6.45) is -3.32. The molecule has 19 heavy (non-hydrogen) atoms. The van der Waals surface area contributed by atoms with Crippen molar-refractivity contribution in [3.8, 4) is 0 Å². The minimum atomic E-state index is -4.28. The smallest absolute Gasteiger partial charge is 0.334 e. The third-order valence-corrected chi connectivity index (χ3v) is 5.05. The van der Waals surface area contributed by atoms with E-state index >= 15 is 0 Å². The molecule has 1 aromatic rings. The van der Waals surface area contributed by atoms with E-state index in [0.717, 1.165) is 15.4 Å². The van der Waals surface area contributed by atoms with Crippen molar-refractivity contribution < 1.29 is 18.0 Å². The Bertz CT molecular complexity index is 516. The number of alkyl halides is 3. The average Bonchev–Trinajstić information content (AvgIpc) is 2.68. The van der Waals surface area contributed by atoms with Gasteiger partial charge in [-0.25, -0.2) is 0 Å². The van der Waals surface area contributed by atoms with Crippen molar-refractivity contribution in [2.75, 3.05) is 13.1 Å². The molecule has 0 unspecified atom stereocenters. The van der Waals surface area contributed by atoms with Gasteiger partial charge in [0.25, 0.3) is 5.91 Å². The lowest BCUT2D eigenvalue weighted by Gasteiger charge is -2.26. The molecule has 1 aliphatic rings. The Morgan fingerprint density at radius 2 is 2.16 bits per heavy atom. The van der Waals surface area contributed by atoms with Crippen LogP contribution in [0, 0.1) is 6.92 Å². The highest BCUT2D eigenvalue weighted by Crippen LogP contribution is 2.32. The fraction of sp³-hybridized carbons (Fsp3) is 0.417. The lowest BCUT2D eigenvalue weighted by atomic mass is 10.1. The van der Waals surface area contributed by atoms with E-state index in [1.165, 1.54) is 16.2 Å². The molecule has 2 rings (SSSR count). The van der Waals surface area contributed by atoms with Crippen LogP contribution in [0.15, 0.2) is 21.5 Å². The summed E-state index contributed by atoms with van der Waals surface area (Å²) in [7, 11) is 0. The predicted octanol–water partition coefficient (Wildman–Crippen LogP) is 4.15. The number of nitrogens with zero attached hydrogens (tertiary/aromatic N) is 1. The van der Waals surface area contributed by atoms with Crippen molar-refractivity contribution >= 4 is 33.2 Å². The second kappa shape index (κ2) is 5.28. The highest BCUT2D eigenvalue weighted by atomic mass is 79.9. The first kappa shape index (κ1) is 14.6. The highest BCUT2D eigenvalue weighted by molar-refractivity contribution is 9.11. The van der Waals surface area contributed by atoms with Crippen LogP contribution in [0.1, 0.15) is 21.7 Å². The molecule has 0 aliphatic carbocycles. The molecule has 0 radical (unpaired) electrons. The molecule has 0 bridgehead atoms. The SMILES string of the molecule is Cc1cc(C(=O)N2CC=C(C(F)(F)F)CC2)sc1Br. The minimum Gasteiger partial charge on any atom is -0.334 e. The van der Waals surface area contributed by atoms with Gasteiger partial charge >= 0.3 is 6.18 Å². The molecular weight excluding hydrogens is 343 g/mol. The molecule has 0 aromatic carbocycles. The van der Waals surface area contributed by atoms with Gasteiger partial charge in [-0.1, -0.05) is 6.08 Å². The normalized spacial score (nSPS) is 16.5. The second-order valence-electron chi connectivity index (χ2n) is 4.30. The number of hydrogen-bond acceptors (Lipinski definition) is 2. The molecule has 2 heterocycles. The predicted molar refractivity (Wildman–Crippen MR) is 71.4 cm³/mol. The molecule has 2 nitrogen and oxygen atoms in total. The summed E-state index contributed by atoms with van der Waals surface area (Å²) in [6.45, 7) is 2.00. The number of halogens is 4. The molecule has 0 spiro atoms. The van der Waals surface area contributed by atoms with Gasteiger partial charge in [0.1, 0.15) is 0 Å². The summed E-state index contributed by atoms with van der Waals surface area (Å²) in [5, 5.41) is 0. The Hall–Kier alpha value is -0.820. The first-order valence-corrected chi connectivity index (χ1v) is 7.21. The molecule has 0 saturated heterocycles. The first-order chi connectivity index (χ1) is 8.79. The van der Waals surface area contributed by atoms with Gasteiger partial charge in [-0.3, -0.25) is 4.79 Å². The van der Waals surface area contributed by atoms with E-state index in [9.17, 15) is 18.0 Å². The summed E-state index contributed by atoms with van der Waals surface area (Å²) in [5.41, 5.74) is 0.414. The van der Waals surface area contributed by atoms with Gasteiger partial charge in [0.2, 0.25) is 0 Å². The zero-order valence-corrected chi connectivity index (χ0v) is 12.5. The number of hydrogen-bond donors (Lipinski definition) is 0. The summed E-state index contributed by atoms with van der Waals surface area (Å²) >= 11 is 4.64. The summed E-state index contributed by atoms with van der Waals surface area (Å²) in [6, 6.07) is 1.75. The number of amides is 1. The minimum absolute atomic E-state index is 0.0161. The van der Waals surface area contributed by atoms with Gasteiger partial charge in [0.15, 0.2) is 0 Å². The van der Waals surface area contributed by atoms with Gasteiger partial charge < -0.3 is 4.90 Å². The fourth-order valence-electron chi connectivity index (χ4n) is 1.83. The Morgan fingerprint density at radius 3 is 2.58 bits per heavy atom. The van der Waals surface area contributed by atoms with Crippen molar-refractivity contribution in [1.82, 2.24) is 4.90 Å². The van der Waals surface area contributed by atoms with Crippen molar-refractivity contribution in [2.45, 2.75) is 19.5 Å². The van der Waals surface area contributed by atoms with Crippen LogP contribution < -0.4 is 0 Å². The quantitative estimate of drug-likeness (QED) is 0.694. The number of carbonyl (C=O) groups excluding carboxylic acids is 1. The van der Waals surface area contributed by atoms with E-state index in [1.54, 1.807) is 6.07 Å². The zero-order chi connectivity index (χ0) is 14.2. The van der Waals surface area contributed by atoms with Crippen molar-refractivity contribution in [1.29, 1.82) is 0 Å². The molecule has 104 valence electrons. The second-order valence-corrected chi connectivity index (χ2v) is 6.67. The molecule has 7 heteroatoms. The maximum atomic E-state index is 12.5. The topological polar surface area (TPSA) is 20.3 Å². The number of rotatable bonds is 1. The Balaban J connectivity index is 2.10. The molecule has 0 N–H and O–H groups in total. The van der Waals surface area contributed by atoms with Gasteiger partial charge in [0, 0.05) is 18.7 Å². The van der Waals surface area contributed by atoms with Crippen molar-refractivity contribution in [2.24, 2.45) is 0 Å². The summed E-state index contributed by atoms with van der Waals surface area (Å²) < 4.78 is 38.3. The molecular formula is C12H11BrF3NOS. The molecule has 1 amide bonds. The Labute approximate surface area is 121 Å². The van der Waals surface area contributed by atoms with E-state index in [4.69, 9.17) is 0 Å². The van der Waals surface area contributed by atoms with Crippen molar-refractivity contribution in [3.63, 3.8) is 0 Å². The number of thiophene rings is 1. The van der Waals surface area contributed by atoms with Gasteiger partial charge in [0.05, 0.1) is 8.66 Å². The van der Waals surface area contributed by atoms with Gasteiger partial charge in [-0.15, -0.1) is 11.3 Å². The molecule has 1 aliphatic heterocycles. The van der Waals surface area contributed by atoms with E-state index in [0.29, 0.717) is 4.88 Å². The van der Waals surface area contributed by atoms with E-state index in [2.05, 4.69) is 15.9 Å². The monoisotopic (exact) mass is 353 g/mol. The Kier molecular flexibility index (Phi) is 4.06. The fourth-order valence-corrected chi connectivity index (χ4v) is 3.33. The van der Waals surface area contributed by atoms with Crippen LogP contribution >= 0.6 is 27.3 Å². The Morgan fingerprint density at radius 1 is 1.47 bits per heavy atom. The maximum absolute atomic E-state index is 12.5. The van der Waals surface area contributed by atoms with Gasteiger partial charge in [-0.2, -0.15) is 13.2 Å². The molecule has 1 aromatic heterocycles. The highest BCUT2D eigenvalue weighted by Gasteiger charge is 2.35. The van der Waals surface area contributed by atoms with Gasteiger partial charge in [-0.05, 0) is 40.9 Å². The third kappa shape index (κ3) is 3.20. The average molecular weight is 354 g/mol. The lowest BCUT2D eigenvalue weighted by Crippen LogP contribution is -2.36. The maximum Gasteiger partial charge on any atom is 0.412 e. The van der Waals surface area contributed by atoms with Crippen LogP contribution in [0.25, 0.3) is 0 Å². The third-order valence-electron chi connectivity index (χ3n) is 2.93. The van der Waals surface area contributed by atoms with Crippen LogP contribution in [0.2, 0.25) is 0 Å². The first-order valence-electron chi connectivity index (χ1n) is 5.60. The number of aryl methyl sites for hydroxylation is 1. The summed E-state index contributed by atoms with van der Waals surface area (Å²) in [5.74, 6) is -0.212. The van der Waals surface area contributed by atoms with Crippen LogP contribution in [0.4, 0.5) is 13.2 Å². The largest absolute Gasteiger partial charge is 0.412 e. The van der Waals surface area contributed by atoms with Crippen LogP contribution in [0.5, 0.6) is 0 Å². The van der Waals surface area contributed by atoms with Crippen LogP contribution in [-0.2, 0) is 0 Å². The van der Waals surface area contributed by atoms with Crippen LogP contribution in [-0.4, -0.2) is 30.1 Å². The lowest BCUT2D eigenvalue weighted by molar-refractivity contribution is -0.0957. The van der Waals surface area contributed by atoms with Crippen molar-refractivity contribution in [3.05, 3.63) is 31.9 Å². The number of carbonyl (C=O) groups is 1. The molecule has 0 saturated carbocycles. The zero-order valence-electron chi connectivity index (χ0n) is 10.1. The summed E-state index contributed by atoms with van der Waals surface area (Å²) in [4.78, 5) is 14.1. The molecule has 0 atom stereocenters. The van der Waals surface area contributed by atoms with Crippen LogP contribution in [0.3, 0.4) is 0 Å².